The molecule has 0 spiro atoms. The Balaban J connectivity index is 1.66. The van der Waals surface area contributed by atoms with Crippen LogP contribution in [0.5, 0.6) is 0 Å². The Hall–Kier alpha value is -0.850. The van der Waals surface area contributed by atoms with Crippen LogP contribution in [0, 0.1) is 0 Å². The van der Waals surface area contributed by atoms with Crippen LogP contribution in [0.15, 0.2) is 0 Å². The Morgan fingerprint density at radius 1 is 1.12 bits per heavy atom. The van der Waals surface area contributed by atoms with Crippen LogP contribution in [0.25, 0.3) is 0 Å². The van der Waals surface area contributed by atoms with E-state index in [1.807, 2.05) is 25.7 Å². The first-order valence-electron chi connectivity index (χ1n) is 9.26. The van der Waals surface area contributed by atoms with Crippen molar-refractivity contribution in [3.05, 3.63) is 0 Å². The normalized spacial score (nSPS) is 25.5. The number of carbonyl (C=O) groups excluding carboxylic acids is 1. The molecule has 0 N–H and O–H groups in total. The van der Waals surface area contributed by atoms with Gasteiger partial charge < -0.3 is 23.8 Å². The van der Waals surface area contributed by atoms with Gasteiger partial charge in [0.25, 0.3) is 0 Å². The quantitative estimate of drug-likeness (QED) is 0.692. The summed E-state index contributed by atoms with van der Waals surface area (Å²) in [5.74, 6) is 0. The summed E-state index contributed by atoms with van der Waals surface area (Å²) in [4.78, 5) is 14.1. The van der Waals surface area contributed by atoms with Crippen molar-refractivity contribution >= 4 is 6.09 Å². The average molecular weight is 343 g/mol. The van der Waals surface area contributed by atoms with Crippen LogP contribution < -0.4 is 0 Å². The van der Waals surface area contributed by atoms with E-state index >= 15 is 0 Å². The summed E-state index contributed by atoms with van der Waals surface area (Å²) in [6.07, 6.45) is 6.06. The van der Waals surface area contributed by atoms with Gasteiger partial charge in [0.05, 0.1) is 25.9 Å². The van der Waals surface area contributed by atoms with Gasteiger partial charge in [-0.05, 0) is 59.3 Å². The fourth-order valence-corrected chi connectivity index (χ4v) is 3.04. The molecule has 2 fully saturated rings. The molecule has 2 atom stereocenters. The van der Waals surface area contributed by atoms with Gasteiger partial charge in [-0.1, -0.05) is 0 Å². The number of rotatable bonds is 6. The van der Waals surface area contributed by atoms with Gasteiger partial charge in [0.2, 0.25) is 0 Å². The number of nitrogens with zero attached hydrogens (tertiary/aromatic N) is 1. The molecule has 6 nitrogen and oxygen atoms in total. The lowest BCUT2D eigenvalue weighted by atomic mass is 10.0. The molecule has 0 saturated carbocycles. The van der Waals surface area contributed by atoms with Crippen molar-refractivity contribution in [3.8, 4) is 0 Å². The number of carbonyl (C=O) groups is 1. The standard InChI is InChI=1S/C18H33NO5/c1-18(2,3)24-17(20)19-10-6-4-8-15(19)14-21-12-13-23-16-9-5-7-11-22-16/h15-16H,4-14H2,1-3H3. The van der Waals surface area contributed by atoms with E-state index < -0.39 is 5.60 Å². The zero-order valence-electron chi connectivity index (χ0n) is 15.4. The Bertz CT molecular complexity index is 376. The monoisotopic (exact) mass is 343 g/mol. The SMILES string of the molecule is CC(C)(C)OC(=O)N1CCCCC1COCCOC1CCCCO1. The van der Waals surface area contributed by atoms with Crippen LogP contribution >= 0.6 is 0 Å². The second kappa shape index (κ2) is 9.59. The van der Waals surface area contributed by atoms with E-state index in [0.717, 1.165) is 45.3 Å². The zero-order valence-corrected chi connectivity index (χ0v) is 15.4. The van der Waals surface area contributed by atoms with Crippen LogP contribution in [-0.4, -0.2) is 61.9 Å². The molecule has 0 radical (unpaired) electrons. The second-order valence-electron chi connectivity index (χ2n) is 7.57. The number of piperidine rings is 1. The maximum absolute atomic E-state index is 12.3. The van der Waals surface area contributed by atoms with Crippen molar-refractivity contribution in [2.75, 3.05) is 33.0 Å². The molecule has 0 aromatic heterocycles. The highest BCUT2D eigenvalue weighted by atomic mass is 16.7. The van der Waals surface area contributed by atoms with E-state index in [-0.39, 0.29) is 18.4 Å². The van der Waals surface area contributed by atoms with Crippen molar-refractivity contribution < 1.29 is 23.7 Å². The highest BCUT2D eigenvalue weighted by Crippen LogP contribution is 2.20. The molecule has 24 heavy (non-hydrogen) atoms. The Kier molecular flexibility index (Phi) is 7.78. The van der Waals surface area contributed by atoms with E-state index in [2.05, 4.69) is 0 Å². The zero-order chi connectivity index (χ0) is 17.4. The minimum atomic E-state index is -0.465. The molecule has 2 aliphatic rings. The van der Waals surface area contributed by atoms with Crippen LogP contribution in [0.1, 0.15) is 59.3 Å². The second-order valence-corrected chi connectivity index (χ2v) is 7.57. The summed E-state index contributed by atoms with van der Waals surface area (Å²) in [6.45, 7) is 8.81. The van der Waals surface area contributed by atoms with Crippen molar-refractivity contribution in [1.29, 1.82) is 0 Å². The third-order valence-electron chi connectivity index (χ3n) is 4.23. The van der Waals surface area contributed by atoms with Crippen LogP contribution in [0.2, 0.25) is 0 Å². The topological polar surface area (TPSA) is 57.2 Å². The first kappa shape index (κ1) is 19.5. The summed E-state index contributed by atoms with van der Waals surface area (Å²) in [7, 11) is 0. The summed E-state index contributed by atoms with van der Waals surface area (Å²) in [6, 6.07) is 0.0968. The van der Waals surface area contributed by atoms with Gasteiger partial charge in [-0.15, -0.1) is 0 Å². The minimum absolute atomic E-state index is 0.0738. The molecule has 0 bridgehead atoms. The largest absolute Gasteiger partial charge is 0.444 e. The van der Waals surface area contributed by atoms with Crippen molar-refractivity contribution in [1.82, 2.24) is 4.90 Å². The highest BCUT2D eigenvalue weighted by Gasteiger charge is 2.30. The molecular formula is C18H33NO5. The fraction of sp³-hybridized carbons (Fsp3) is 0.944. The van der Waals surface area contributed by atoms with Gasteiger partial charge in [-0.25, -0.2) is 4.79 Å². The molecule has 2 unspecified atom stereocenters. The summed E-state index contributed by atoms with van der Waals surface area (Å²) in [5, 5.41) is 0. The highest BCUT2D eigenvalue weighted by molar-refractivity contribution is 5.68. The maximum Gasteiger partial charge on any atom is 0.410 e. The summed E-state index contributed by atoms with van der Waals surface area (Å²) in [5.41, 5.74) is -0.465. The molecule has 2 rings (SSSR count). The van der Waals surface area contributed by atoms with Crippen LogP contribution in [0.4, 0.5) is 4.79 Å². The van der Waals surface area contributed by atoms with Crippen LogP contribution in [-0.2, 0) is 18.9 Å². The first-order valence-corrected chi connectivity index (χ1v) is 9.26. The van der Waals surface area contributed by atoms with Gasteiger partial charge >= 0.3 is 6.09 Å². The Morgan fingerprint density at radius 2 is 1.92 bits per heavy atom. The average Bonchev–Trinajstić information content (AvgIpc) is 2.54. The van der Waals surface area contributed by atoms with Crippen molar-refractivity contribution in [2.45, 2.75) is 77.2 Å². The first-order chi connectivity index (χ1) is 11.5. The lowest BCUT2D eigenvalue weighted by Gasteiger charge is -2.36. The van der Waals surface area contributed by atoms with Gasteiger partial charge in [-0.3, -0.25) is 0 Å². The number of likely N-dealkylation sites (tertiary alicyclic amines) is 1. The molecule has 6 heteroatoms. The minimum Gasteiger partial charge on any atom is -0.444 e. The number of amides is 1. The third-order valence-corrected chi connectivity index (χ3v) is 4.23. The maximum atomic E-state index is 12.3. The van der Waals surface area contributed by atoms with Gasteiger partial charge in [0, 0.05) is 13.2 Å². The van der Waals surface area contributed by atoms with E-state index in [1.54, 1.807) is 0 Å². The van der Waals surface area contributed by atoms with Gasteiger partial charge in [-0.2, -0.15) is 0 Å². The molecular weight excluding hydrogens is 310 g/mol. The van der Waals surface area contributed by atoms with Gasteiger partial charge in [0.15, 0.2) is 6.29 Å². The predicted octanol–water partition coefficient (Wildman–Crippen LogP) is 3.34. The smallest absolute Gasteiger partial charge is 0.410 e. The number of hydrogen-bond donors (Lipinski definition) is 0. The molecule has 140 valence electrons. The van der Waals surface area contributed by atoms with E-state index in [4.69, 9.17) is 18.9 Å². The molecule has 0 aromatic carbocycles. The van der Waals surface area contributed by atoms with E-state index in [0.29, 0.717) is 19.8 Å². The summed E-state index contributed by atoms with van der Waals surface area (Å²) < 4.78 is 22.4. The predicted molar refractivity (Wildman–Crippen MR) is 90.9 cm³/mol. The molecule has 0 aliphatic carbocycles. The summed E-state index contributed by atoms with van der Waals surface area (Å²) >= 11 is 0. The lowest BCUT2D eigenvalue weighted by Crippen LogP contribution is -2.48. The number of hydrogen-bond acceptors (Lipinski definition) is 5. The Labute approximate surface area is 145 Å². The van der Waals surface area contributed by atoms with Gasteiger partial charge in [0.1, 0.15) is 5.60 Å². The molecule has 1 amide bonds. The van der Waals surface area contributed by atoms with Crippen LogP contribution in [0.3, 0.4) is 0 Å². The van der Waals surface area contributed by atoms with Crippen molar-refractivity contribution in [2.24, 2.45) is 0 Å². The molecule has 2 saturated heterocycles. The third kappa shape index (κ3) is 6.95. The number of ether oxygens (including phenoxy) is 4. The van der Waals surface area contributed by atoms with Crippen molar-refractivity contribution in [3.63, 3.8) is 0 Å². The van der Waals surface area contributed by atoms with E-state index in [1.165, 1.54) is 6.42 Å². The lowest BCUT2D eigenvalue weighted by molar-refractivity contribution is -0.169. The Morgan fingerprint density at radius 3 is 2.62 bits per heavy atom. The fourth-order valence-electron chi connectivity index (χ4n) is 3.04. The molecule has 2 heterocycles. The van der Waals surface area contributed by atoms with E-state index in [9.17, 15) is 4.79 Å². The molecule has 2 aliphatic heterocycles. The molecule has 0 aromatic rings.